The molecule has 0 bridgehead atoms. The van der Waals surface area contributed by atoms with Gasteiger partial charge in [0.05, 0.1) is 29.5 Å². The van der Waals surface area contributed by atoms with Crippen LogP contribution in [-0.4, -0.2) is 22.4 Å². The van der Waals surface area contributed by atoms with Crippen molar-refractivity contribution in [1.82, 2.24) is 9.78 Å². The largest absolute Gasteiger partial charge is 0.463 e. The van der Waals surface area contributed by atoms with Gasteiger partial charge in [0.25, 0.3) is 0 Å². The van der Waals surface area contributed by atoms with E-state index in [9.17, 15) is 10.1 Å². The highest BCUT2D eigenvalue weighted by Crippen LogP contribution is 2.42. The molecule has 7 heteroatoms. The van der Waals surface area contributed by atoms with Gasteiger partial charge < -0.3 is 15.2 Å². The summed E-state index contributed by atoms with van der Waals surface area (Å²) < 4.78 is 12.5. The Morgan fingerprint density at radius 1 is 1.32 bits per heavy atom. The van der Waals surface area contributed by atoms with Crippen molar-refractivity contribution in [2.45, 2.75) is 33.6 Å². The molecule has 1 aromatic carbocycles. The van der Waals surface area contributed by atoms with Crippen LogP contribution in [0.2, 0.25) is 0 Å². The van der Waals surface area contributed by atoms with Crippen molar-refractivity contribution in [1.29, 1.82) is 5.26 Å². The van der Waals surface area contributed by atoms with Crippen LogP contribution in [0.15, 0.2) is 53.1 Å². The molecular weight excluding hydrogens is 356 g/mol. The molecule has 0 aliphatic carbocycles. The van der Waals surface area contributed by atoms with Crippen LogP contribution in [0.1, 0.15) is 36.7 Å². The van der Waals surface area contributed by atoms with Crippen LogP contribution in [-0.2, 0) is 14.3 Å². The molecule has 0 amide bonds. The zero-order valence-electron chi connectivity index (χ0n) is 16.3. The molecule has 28 heavy (non-hydrogen) atoms. The van der Waals surface area contributed by atoms with E-state index in [0.29, 0.717) is 11.5 Å². The third-order valence-electron chi connectivity index (χ3n) is 4.74. The second-order valence-electron chi connectivity index (χ2n) is 6.45. The second kappa shape index (κ2) is 7.61. The first kappa shape index (κ1) is 19.2. The number of nitriles is 1. The van der Waals surface area contributed by atoms with Crippen LogP contribution in [0.4, 0.5) is 0 Å². The summed E-state index contributed by atoms with van der Waals surface area (Å²) in [5.74, 6) is -0.915. The Hall–Kier alpha value is -3.53. The number of benzene rings is 1. The van der Waals surface area contributed by atoms with Gasteiger partial charge >= 0.3 is 5.97 Å². The van der Waals surface area contributed by atoms with Gasteiger partial charge in [0.15, 0.2) is 0 Å². The van der Waals surface area contributed by atoms with E-state index in [1.807, 2.05) is 44.2 Å². The number of nitrogens with two attached hydrogens (primary N) is 1. The van der Waals surface area contributed by atoms with Gasteiger partial charge in [0, 0.05) is 11.3 Å². The smallest absolute Gasteiger partial charge is 0.338 e. The lowest BCUT2D eigenvalue weighted by Crippen LogP contribution is -2.26. The van der Waals surface area contributed by atoms with Crippen LogP contribution in [0.3, 0.4) is 0 Å². The van der Waals surface area contributed by atoms with Crippen molar-refractivity contribution in [3.63, 3.8) is 0 Å². The van der Waals surface area contributed by atoms with Gasteiger partial charge in [0.1, 0.15) is 17.4 Å². The molecule has 3 rings (SSSR count). The molecule has 0 radical (unpaired) electrons. The molecule has 0 fully saturated rings. The van der Waals surface area contributed by atoms with E-state index in [1.54, 1.807) is 18.5 Å². The summed E-state index contributed by atoms with van der Waals surface area (Å²) in [6.45, 7) is 7.34. The Kier molecular flexibility index (Phi) is 5.23. The second-order valence-corrected chi connectivity index (χ2v) is 6.45. The lowest BCUT2D eigenvalue weighted by atomic mass is 9.82. The maximum atomic E-state index is 12.7. The van der Waals surface area contributed by atoms with Crippen molar-refractivity contribution < 1.29 is 14.3 Å². The number of aromatic nitrogens is 2. The molecule has 0 saturated heterocycles. The minimum atomic E-state index is -0.699. The maximum absolute atomic E-state index is 12.7. The number of allylic oxidation sites excluding steroid dienone is 2. The van der Waals surface area contributed by atoms with Gasteiger partial charge in [-0.3, -0.25) is 0 Å². The van der Waals surface area contributed by atoms with E-state index in [4.69, 9.17) is 15.2 Å². The van der Waals surface area contributed by atoms with E-state index in [0.717, 1.165) is 16.9 Å². The summed E-state index contributed by atoms with van der Waals surface area (Å²) in [4.78, 5) is 12.7. The van der Waals surface area contributed by atoms with E-state index in [1.165, 1.54) is 0 Å². The molecule has 1 aliphatic heterocycles. The fourth-order valence-corrected chi connectivity index (χ4v) is 3.54. The Morgan fingerprint density at radius 2 is 2.00 bits per heavy atom. The molecule has 2 aromatic rings. The predicted molar refractivity (Wildman–Crippen MR) is 103 cm³/mol. The number of para-hydroxylation sites is 1. The number of hydrogen-bond donors (Lipinski definition) is 1. The number of nitrogens with zero attached hydrogens (tertiary/aromatic N) is 3. The van der Waals surface area contributed by atoms with E-state index < -0.39 is 11.9 Å². The fraction of sp³-hybridized carbons (Fsp3) is 0.286. The van der Waals surface area contributed by atoms with E-state index in [-0.39, 0.29) is 23.6 Å². The molecule has 2 heterocycles. The Morgan fingerprint density at radius 3 is 2.61 bits per heavy atom. The highest BCUT2D eigenvalue weighted by molar-refractivity contribution is 5.92. The number of rotatable bonds is 4. The van der Waals surface area contributed by atoms with E-state index in [2.05, 4.69) is 11.2 Å². The molecule has 1 aromatic heterocycles. The number of carbonyl (C=O) groups excluding carboxylic acids is 1. The topological polar surface area (TPSA) is 103 Å². The molecule has 2 N–H and O–H groups in total. The molecular formula is C21H22N4O3. The number of hydrogen-bond acceptors (Lipinski definition) is 6. The highest BCUT2D eigenvalue weighted by Gasteiger charge is 2.39. The van der Waals surface area contributed by atoms with Crippen LogP contribution >= 0.6 is 0 Å². The molecule has 0 unspecified atom stereocenters. The standard InChI is InChI=1S/C21H22N4O3/c1-5-27-21(26)18-14(4)28-20(23)16(11-22)19(18)17-12(2)24-25(13(17)3)15-9-7-6-8-10-15/h6-10,19H,5,23H2,1-4H3/t19-/m1/s1. The average Bonchev–Trinajstić information content (AvgIpc) is 2.96. The lowest BCUT2D eigenvalue weighted by Gasteiger charge is -2.27. The van der Waals surface area contributed by atoms with Crippen molar-refractivity contribution in [2.75, 3.05) is 6.61 Å². The first-order valence-corrected chi connectivity index (χ1v) is 8.97. The normalized spacial score (nSPS) is 16.6. The van der Waals surface area contributed by atoms with Crippen molar-refractivity contribution in [3.05, 3.63) is 70.1 Å². The molecule has 0 saturated carbocycles. The van der Waals surface area contributed by atoms with Crippen LogP contribution in [0.5, 0.6) is 0 Å². The third-order valence-corrected chi connectivity index (χ3v) is 4.74. The monoisotopic (exact) mass is 378 g/mol. The number of aryl methyl sites for hydroxylation is 1. The van der Waals surface area contributed by atoms with Crippen LogP contribution < -0.4 is 5.73 Å². The van der Waals surface area contributed by atoms with Gasteiger partial charge in [-0.2, -0.15) is 10.4 Å². The summed E-state index contributed by atoms with van der Waals surface area (Å²) >= 11 is 0. The molecule has 1 atom stereocenters. The SMILES string of the molecule is CCOC(=O)C1=C(C)OC(N)=C(C#N)[C@@H]1c1c(C)nn(-c2ccccc2)c1C. The Bertz CT molecular complexity index is 1030. The number of esters is 1. The molecule has 7 nitrogen and oxygen atoms in total. The molecule has 1 aliphatic rings. The van der Waals surface area contributed by atoms with E-state index >= 15 is 0 Å². The quantitative estimate of drug-likeness (QED) is 0.820. The summed E-state index contributed by atoms with van der Waals surface area (Å²) in [5, 5.41) is 14.4. The lowest BCUT2D eigenvalue weighted by molar-refractivity contribution is -0.139. The summed E-state index contributed by atoms with van der Waals surface area (Å²) in [7, 11) is 0. The summed E-state index contributed by atoms with van der Waals surface area (Å²) in [6, 6.07) is 11.8. The third kappa shape index (κ3) is 3.14. The summed E-state index contributed by atoms with van der Waals surface area (Å²) in [5.41, 5.74) is 9.56. The average molecular weight is 378 g/mol. The summed E-state index contributed by atoms with van der Waals surface area (Å²) in [6.07, 6.45) is 0. The highest BCUT2D eigenvalue weighted by atomic mass is 16.5. The zero-order valence-corrected chi connectivity index (χ0v) is 16.3. The first-order chi connectivity index (χ1) is 13.4. The van der Waals surface area contributed by atoms with Gasteiger partial charge in [-0.25, -0.2) is 9.48 Å². The zero-order chi connectivity index (χ0) is 20.4. The number of carbonyl (C=O) groups is 1. The van der Waals surface area contributed by atoms with Crippen LogP contribution in [0.25, 0.3) is 5.69 Å². The number of ether oxygens (including phenoxy) is 2. The molecule has 144 valence electrons. The van der Waals surface area contributed by atoms with Gasteiger partial charge in [-0.15, -0.1) is 0 Å². The van der Waals surface area contributed by atoms with Gasteiger partial charge in [-0.05, 0) is 39.8 Å². The Labute approximate surface area is 163 Å². The van der Waals surface area contributed by atoms with Crippen LogP contribution in [0, 0.1) is 25.2 Å². The molecule has 0 spiro atoms. The van der Waals surface area contributed by atoms with Crippen molar-refractivity contribution >= 4 is 5.97 Å². The predicted octanol–water partition coefficient (Wildman–Crippen LogP) is 3.13. The van der Waals surface area contributed by atoms with Crippen molar-refractivity contribution in [3.8, 4) is 11.8 Å². The van der Waals surface area contributed by atoms with Gasteiger partial charge in [-0.1, -0.05) is 18.2 Å². The minimum Gasteiger partial charge on any atom is -0.463 e. The van der Waals surface area contributed by atoms with Crippen molar-refractivity contribution in [2.24, 2.45) is 5.73 Å². The fourth-order valence-electron chi connectivity index (χ4n) is 3.54. The minimum absolute atomic E-state index is 0.00990. The van der Waals surface area contributed by atoms with Gasteiger partial charge in [0.2, 0.25) is 5.88 Å². The maximum Gasteiger partial charge on any atom is 0.338 e. The first-order valence-electron chi connectivity index (χ1n) is 8.97. The Balaban J connectivity index is 2.24.